The summed E-state index contributed by atoms with van der Waals surface area (Å²) in [5.41, 5.74) is 4.95. The first-order valence-electron chi connectivity index (χ1n) is 5.86. The van der Waals surface area contributed by atoms with Crippen LogP contribution >= 0.6 is 11.3 Å². The third-order valence-corrected chi connectivity index (χ3v) is 3.52. The van der Waals surface area contributed by atoms with Gasteiger partial charge in [0.15, 0.2) is 0 Å². The lowest BCUT2D eigenvalue weighted by atomic mass is 10.1. The number of thiazole rings is 1. The van der Waals surface area contributed by atoms with Crippen LogP contribution in [0.15, 0.2) is 47.1 Å². The predicted octanol–water partition coefficient (Wildman–Crippen LogP) is 3.45. The minimum Gasteiger partial charge on any atom is -0.264 e. The normalized spacial score (nSPS) is 11.2. The van der Waals surface area contributed by atoms with E-state index in [0.29, 0.717) is 0 Å². The molecule has 3 aromatic rings. The summed E-state index contributed by atoms with van der Waals surface area (Å²) in [6, 6.07) is 8.14. The second kappa shape index (κ2) is 5.16. The molecule has 0 spiro atoms. The Morgan fingerprint density at radius 2 is 2.21 bits per heavy atom. The molecule has 0 aliphatic rings. The Hall–Kier alpha value is -2.27. The maximum Gasteiger partial charge on any atom is 0.203 e. The van der Waals surface area contributed by atoms with Crippen LogP contribution in [-0.4, -0.2) is 16.2 Å². The minimum absolute atomic E-state index is 0.802. The van der Waals surface area contributed by atoms with Crippen LogP contribution in [-0.2, 0) is 0 Å². The highest BCUT2D eigenvalue weighted by atomic mass is 32.1. The van der Waals surface area contributed by atoms with Crippen molar-refractivity contribution in [2.45, 2.75) is 6.92 Å². The molecule has 0 aliphatic carbocycles. The summed E-state index contributed by atoms with van der Waals surface area (Å²) in [7, 11) is 0. The van der Waals surface area contributed by atoms with Gasteiger partial charge >= 0.3 is 0 Å². The van der Waals surface area contributed by atoms with Crippen LogP contribution in [0.25, 0.3) is 10.8 Å². The highest BCUT2D eigenvalue weighted by molar-refractivity contribution is 7.13. The van der Waals surface area contributed by atoms with E-state index in [-0.39, 0.29) is 0 Å². The minimum atomic E-state index is 0.802. The molecule has 1 N–H and O–H groups in total. The smallest absolute Gasteiger partial charge is 0.203 e. The molecule has 1 aromatic carbocycles. The summed E-state index contributed by atoms with van der Waals surface area (Å²) in [6.45, 7) is 1.96. The number of anilines is 1. The molecule has 0 radical (unpaired) electrons. The van der Waals surface area contributed by atoms with Crippen LogP contribution in [0.1, 0.15) is 11.3 Å². The van der Waals surface area contributed by atoms with Crippen LogP contribution in [0.5, 0.6) is 0 Å². The highest BCUT2D eigenvalue weighted by Gasteiger charge is 1.96. The first kappa shape index (κ1) is 11.8. The van der Waals surface area contributed by atoms with Gasteiger partial charge in [-0.3, -0.25) is 10.4 Å². The number of rotatable bonds is 3. The van der Waals surface area contributed by atoms with Gasteiger partial charge in [0.2, 0.25) is 5.13 Å². The number of hydrogen-bond acceptors (Lipinski definition) is 5. The van der Waals surface area contributed by atoms with E-state index in [1.807, 2.05) is 30.6 Å². The van der Waals surface area contributed by atoms with E-state index in [1.165, 1.54) is 5.39 Å². The van der Waals surface area contributed by atoms with E-state index in [1.54, 1.807) is 23.7 Å². The van der Waals surface area contributed by atoms with Crippen molar-refractivity contribution in [1.82, 2.24) is 9.97 Å². The van der Waals surface area contributed by atoms with Crippen LogP contribution in [0.4, 0.5) is 5.13 Å². The van der Waals surface area contributed by atoms with E-state index in [9.17, 15) is 0 Å². The average Bonchev–Trinajstić information content (AvgIpc) is 2.84. The van der Waals surface area contributed by atoms with Crippen molar-refractivity contribution in [1.29, 1.82) is 0 Å². The molecule has 4 nitrogen and oxygen atoms in total. The summed E-state index contributed by atoms with van der Waals surface area (Å²) in [4.78, 5) is 8.39. The van der Waals surface area contributed by atoms with Crippen LogP contribution in [0.2, 0.25) is 0 Å². The zero-order chi connectivity index (χ0) is 13.1. The standard InChI is InChI=1S/C14H12N4S/c1-10-9-19-14(17-10)18-16-7-11-2-3-12-4-5-15-8-13(12)6-11/h2-9H,1H3,(H,17,18). The lowest BCUT2D eigenvalue weighted by Gasteiger charge is -1.98. The largest absolute Gasteiger partial charge is 0.264 e. The topological polar surface area (TPSA) is 50.2 Å². The molecule has 94 valence electrons. The molecule has 5 heteroatoms. The van der Waals surface area contributed by atoms with Crippen molar-refractivity contribution in [3.63, 3.8) is 0 Å². The predicted molar refractivity (Wildman–Crippen MR) is 79.8 cm³/mol. The number of hydrazone groups is 1. The molecule has 3 rings (SSSR count). The number of nitrogens with zero attached hydrogens (tertiary/aromatic N) is 3. The van der Waals surface area contributed by atoms with Gasteiger partial charge in [-0.1, -0.05) is 12.1 Å². The molecule has 0 saturated heterocycles. The van der Waals surface area contributed by atoms with Gasteiger partial charge in [-0.25, -0.2) is 4.98 Å². The molecule has 19 heavy (non-hydrogen) atoms. The summed E-state index contributed by atoms with van der Waals surface area (Å²) in [5.74, 6) is 0. The van der Waals surface area contributed by atoms with Gasteiger partial charge < -0.3 is 0 Å². The van der Waals surface area contributed by atoms with Crippen molar-refractivity contribution in [2.75, 3.05) is 5.43 Å². The van der Waals surface area contributed by atoms with E-state index in [4.69, 9.17) is 0 Å². The van der Waals surface area contributed by atoms with Crippen LogP contribution < -0.4 is 5.43 Å². The van der Waals surface area contributed by atoms with Gasteiger partial charge in [0.1, 0.15) is 0 Å². The number of benzene rings is 1. The Kier molecular flexibility index (Phi) is 3.20. The Morgan fingerprint density at radius 1 is 1.26 bits per heavy atom. The molecule has 0 fully saturated rings. The lowest BCUT2D eigenvalue weighted by Crippen LogP contribution is -1.90. The number of aromatic nitrogens is 2. The molecule has 2 heterocycles. The molecule has 0 atom stereocenters. The van der Waals surface area contributed by atoms with Crippen molar-refractivity contribution in [2.24, 2.45) is 5.10 Å². The van der Waals surface area contributed by atoms with E-state index in [0.717, 1.165) is 21.8 Å². The summed E-state index contributed by atoms with van der Waals surface area (Å²) >= 11 is 1.54. The van der Waals surface area contributed by atoms with E-state index < -0.39 is 0 Å². The third-order valence-electron chi connectivity index (χ3n) is 2.66. The van der Waals surface area contributed by atoms with Crippen LogP contribution in [0, 0.1) is 6.92 Å². The maximum absolute atomic E-state index is 4.28. The van der Waals surface area contributed by atoms with Crippen molar-refractivity contribution >= 4 is 33.5 Å². The Morgan fingerprint density at radius 3 is 3.05 bits per heavy atom. The molecule has 0 saturated carbocycles. The second-order valence-corrected chi connectivity index (χ2v) is 5.00. The Balaban J connectivity index is 1.77. The fourth-order valence-electron chi connectivity index (χ4n) is 1.75. The number of nitrogens with one attached hydrogen (secondary N) is 1. The number of hydrogen-bond donors (Lipinski definition) is 1. The first-order chi connectivity index (χ1) is 9.31. The zero-order valence-electron chi connectivity index (χ0n) is 10.4. The molecular weight excluding hydrogens is 256 g/mol. The molecule has 0 bridgehead atoms. The van der Waals surface area contributed by atoms with Gasteiger partial charge in [-0.05, 0) is 30.0 Å². The van der Waals surface area contributed by atoms with E-state index >= 15 is 0 Å². The summed E-state index contributed by atoms with van der Waals surface area (Å²) in [5, 5.41) is 9.26. The second-order valence-electron chi connectivity index (χ2n) is 4.15. The molecular formula is C14H12N4S. The zero-order valence-corrected chi connectivity index (χ0v) is 11.2. The van der Waals surface area contributed by atoms with Gasteiger partial charge in [0.25, 0.3) is 0 Å². The molecule has 0 amide bonds. The lowest BCUT2D eigenvalue weighted by molar-refractivity contribution is 1.22. The Bertz CT molecular complexity index is 733. The van der Waals surface area contributed by atoms with Gasteiger partial charge in [-0.2, -0.15) is 5.10 Å². The van der Waals surface area contributed by atoms with Gasteiger partial charge in [0, 0.05) is 23.2 Å². The van der Waals surface area contributed by atoms with E-state index in [2.05, 4.69) is 32.6 Å². The van der Waals surface area contributed by atoms with Gasteiger partial charge in [-0.15, -0.1) is 11.3 Å². The van der Waals surface area contributed by atoms with Crippen molar-refractivity contribution < 1.29 is 0 Å². The third kappa shape index (κ3) is 2.77. The Labute approximate surface area is 114 Å². The highest BCUT2D eigenvalue weighted by Crippen LogP contribution is 2.15. The number of fused-ring (bicyclic) bond motifs is 1. The summed E-state index contributed by atoms with van der Waals surface area (Å²) in [6.07, 6.45) is 5.43. The van der Waals surface area contributed by atoms with Crippen LogP contribution in [0.3, 0.4) is 0 Å². The fourth-order valence-corrected chi connectivity index (χ4v) is 2.39. The molecule has 2 aromatic heterocycles. The number of aryl methyl sites for hydroxylation is 1. The van der Waals surface area contributed by atoms with Crippen molar-refractivity contribution in [3.8, 4) is 0 Å². The van der Waals surface area contributed by atoms with Crippen molar-refractivity contribution in [3.05, 3.63) is 53.3 Å². The quantitative estimate of drug-likeness (QED) is 0.584. The summed E-state index contributed by atoms with van der Waals surface area (Å²) < 4.78 is 0. The maximum atomic E-state index is 4.28. The van der Waals surface area contributed by atoms with Gasteiger partial charge in [0.05, 0.1) is 11.9 Å². The SMILES string of the molecule is Cc1csc(NN=Cc2ccc3ccncc3c2)n1. The molecule has 0 unspecified atom stereocenters. The fraction of sp³-hybridized carbons (Fsp3) is 0.0714. The average molecular weight is 268 g/mol. The first-order valence-corrected chi connectivity index (χ1v) is 6.74. The monoisotopic (exact) mass is 268 g/mol. The molecule has 0 aliphatic heterocycles. The number of pyridine rings is 1.